The number of hydrogen-bond donors (Lipinski definition) is 2. The molecule has 2 rings (SSSR count). The molecule has 18 heavy (non-hydrogen) atoms. The van der Waals surface area contributed by atoms with Gasteiger partial charge in [-0.15, -0.1) is 0 Å². The minimum atomic E-state index is -0.338. The minimum Gasteiger partial charge on any atom is -0.368 e. The number of primary amides is 1. The van der Waals surface area contributed by atoms with Crippen molar-refractivity contribution in [2.24, 2.45) is 5.73 Å². The molecule has 0 radical (unpaired) electrons. The number of nitrogens with two attached hydrogens (primary N) is 1. The van der Waals surface area contributed by atoms with E-state index in [2.05, 4.69) is 15.3 Å². The Morgan fingerprint density at radius 3 is 3.06 bits per heavy atom. The lowest BCUT2D eigenvalue weighted by Gasteiger charge is -2.35. The van der Waals surface area contributed by atoms with E-state index in [0.29, 0.717) is 16.8 Å². The molecule has 1 fully saturated rings. The summed E-state index contributed by atoms with van der Waals surface area (Å²) in [6.45, 7) is 0.730. The Balaban J connectivity index is 2.35. The third-order valence-electron chi connectivity index (χ3n) is 3.05. The third-order valence-corrected chi connectivity index (χ3v) is 3.32. The second-order valence-electron chi connectivity index (χ2n) is 4.22. The first-order chi connectivity index (χ1) is 8.63. The van der Waals surface area contributed by atoms with Crippen molar-refractivity contribution < 1.29 is 4.79 Å². The molecule has 1 amide bonds. The Morgan fingerprint density at radius 1 is 1.61 bits per heavy atom. The Kier molecular flexibility index (Phi) is 3.86. The van der Waals surface area contributed by atoms with Gasteiger partial charge in [-0.1, -0.05) is 11.6 Å². The number of hydrogen-bond acceptors (Lipinski definition) is 5. The topological polar surface area (TPSA) is 84.1 Å². The zero-order valence-electron chi connectivity index (χ0n) is 10.2. The highest BCUT2D eigenvalue weighted by molar-refractivity contribution is 6.32. The van der Waals surface area contributed by atoms with Crippen LogP contribution in [0.3, 0.4) is 0 Å². The number of carbonyl (C=O) groups excluding carboxylic acids is 1. The first-order valence-corrected chi connectivity index (χ1v) is 6.27. The number of nitrogens with zero attached hydrogens (tertiary/aromatic N) is 3. The fourth-order valence-corrected chi connectivity index (χ4v) is 2.36. The van der Waals surface area contributed by atoms with Crippen LogP contribution in [-0.2, 0) is 4.79 Å². The monoisotopic (exact) mass is 269 g/mol. The summed E-state index contributed by atoms with van der Waals surface area (Å²) in [5, 5.41) is 3.29. The zero-order valence-corrected chi connectivity index (χ0v) is 10.9. The van der Waals surface area contributed by atoms with Crippen LogP contribution < -0.4 is 16.0 Å². The van der Waals surface area contributed by atoms with Gasteiger partial charge in [-0.3, -0.25) is 4.79 Å². The molecule has 1 aliphatic heterocycles. The molecule has 1 atom stereocenters. The molecular formula is C11H16ClN5O. The summed E-state index contributed by atoms with van der Waals surface area (Å²) in [6.07, 6.45) is 4.26. The number of nitrogens with one attached hydrogen (secondary N) is 1. The largest absolute Gasteiger partial charge is 0.368 e. The standard InChI is InChI=1S/C11H16ClN5O/c1-14-11-15-6-7(12)10(16-11)17-5-3-2-4-8(17)9(13)18/h6,8H,2-5H2,1H3,(H2,13,18)(H,14,15,16). The van der Waals surface area contributed by atoms with E-state index in [9.17, 15) is 4.79 Å². The van der Waals surface area contributed by atoms with Crippen molar-refractivity contribution in [1.29, 1.82) is 0 Å². The van der Waals surface area contributed by atoms with Crippen molar-refractivity contribution >= 4 is 29.3 Å². The Morgan fingerprint density at radius 2 is 2.39 bits per heavy atom. The van der Waals surface area contributed by atoms with Gasteiger partial charge < -0.3 is 16.0 Å². The molecule has 1 aliphatic rings. The smallest absolute Gasteiger partial charge is 0.240 e. The molecule has 0 spiro atoms. The SMILES string of the molecule is CNc1ncc(Cl)c(N2CCCCC2C(N)=O)n1. The highest BCUT2D eigenvalue weighted by atomic mass is 35.5. The van der Waals surface area contributed by atoms with Crippen LogP contribution in [0.4, 0.5) is 11.8 Å². The van der Waals surface area contributed by atoms with Crippen molar-refractivity contribution in [3.8, 4) is 0 Å². The zero-order chi connectivity index (χ0) is 13.1. The van der Waals surface area contributed by atoms with Gasteiger partial charge in [0.25, 0.3) is 0 Å². The molecule has 0 bridgehead atoms. The molecule has 0 saturated carbocycles. The average molecular weight is 270 g/mol. The second kappa shape index (κ2) is 5.39. The predicted molar refractivity (Wildman–Crippen MR) is 70.8 cm³/mol. The maximum absolute atomic E-state index is 11.5. The predicted octanol–water partition coefficient (Wildman–Crippen LogP) is 1.02. The van der Waals surface area contributed by atoms with Crippen molar-refractivity contribution in [2.75, 3.05) is 23.8 Å². The molecule has 1 saturated heterocycles. The Labute approximate surface area is 111 Å². The summed E-state index contributed by atoms with van der Waals surface area (Å²) in [5.74, 6) is 0.707. The number of rotatable bonds is 3. The van der Waals surface area contributed by atoms with E-state index in [4.69, 9.17) is 17.3 Å². The van der Waals surface area contributed by atoms with Gasteiger partial charge in [0, 0.05) is 13.6 Å². The van der Waals surface area contributed by atoms with Gasteiger partial charge in [0.2, 0.25) is 11.9 Å². The van der Waals surface area contributed by atoms with Crippen molar-refractivity contribution in [3.63, 3.8) is 0 Å². The van der Waals surface area contributed by atoms with Gasteiger partial charge in [-0.2, -0.15) is 4.98 Å². The third kappa shape index (κ3) is 2.48. The second-order valence-corrected chi connectivity index (χ2v) is 4.63. The number of carbonyl (C=O) groups is 1. The van der Waals surface area contributed by atoms with Crippen LogP contribution in [0.2, 0.25) is 5.02 Å². The van der Waals surface area contributed by atoms with Crippen molar-refractivity contribution in [1.82, 2.24) is 9.97 Å². The molecule has 98 valence electrons. The number of piperidine rings is 1. The number of amides is 1. The highest BCUT2D eigenvalue weighted by Crippen LogP contribution is 2.29. The van der Waals surface area contributed by atoms with Gasteiger partial charge in [0.1, 0.15) is 11.1 Å². The summed E-state index contributed by atoms with van der Waals surface area (Å²) in [5.41, 5.74) is 5.43. The molecule has 0 aliphatic carbocycles. The normalized spacial score (nSPS) is 19.7. The van der Waals surface area contributed by atoms with Crippen molar-refractivity contribution in [2.45, 2.75) is 25.3 Å². The highest BCUT2D eigenvalue weighted by Gasteiger charge is 2.29. The van der Waals surface area contributed by atoms with Crippen LogP contribution >= 0.6 is 11.6 Å². The van der Waals surface area contributed by atoms with Gasteiger partial charge >= 0.3 is 0 Å². The molecular weight excluding hydrogens is 254 g/mol. The fourth-order valence-electron chi connectivity index (χ4n) is 2.16. The molecule has 2 heterocycles. The summed E-state index contributed by atoms with van der Waals surface area (Å²) in [4.78, 5) is 21.7. The first-order valence-electron chi connectivity index (χ1n) is 5.89. The lowest BCUT2D eigenvalue weighted by molar-refractivity contribution is -0.119. The van der Waals surface area contributed by atoms with Crippen LogP contribution in [0.5, 0.6) is 0 Å². The molecule has 1 aromatic heterocycles. The molecule has 3 N–H and O–H groups in total. The van der Waals surface area contributed by atoms with E-state index >= 15 is 0 Å². The number of aromatic nitrogens is 2. The Hall–Kier alpha value is -1.56. The Bertz CT molecular complexity index is 453. The molecule has 6 nitrogen and oxygen atoms in total. The quantitative estimate of drug-likeness (QED) is 0.856. The van der Waals surface area contributed by atoms with E-state index in [1.165, 1.54) is 6.20 Å². The lowest BCUT2D eigenvalue weighted by atomic mass is 10.0. The first kappa shape index (κ1) is 12.9. The van der Waals surface area contributed by atoms with Crippen LogP contribution in [0.15, 0.2) is 6.20 Å². The summed E-state index contributed by atoms with van der Waals surface area (Å²) in [7, 11) is 1.73. The molecule has 1 aromatic rings. The maximum atomic E-state index is 11.5. The molecule has 7 heteroatoms. The van der Waals surface area contributed by atoms with Gasteiger partial charge in [0.15, 0.2) is 5.82 Å². The van der Waals surface area contributed by atoms with Crippen LogP contribution in [0.1, 0.15) is 19.3 Å². The summed E-state index contributed by atoms with van der Waals surface area (Å²) >= 11 is 6.11. The van der Waals surface area contributed by atoms with E-state index in [1.807, 2.05) is 4.90 Å². The summed E-state index contributed by atoms with van der Waals surface area (Å²) in [6, 6.07) is -0.337. The van der Waals surface area contributed by atoms with E-state index < -0.39 is 0 Å². The minimum absolute atomic E-state index is 0.337. The average Bonchev–Trinajstić information content (AvgIpc) is 2.39. The van der Waals surface area contributed by atoms with Gasteiger partial charge in [-0.25, -0.2) is 4.98 Å². The fraction of sp³-hybridized carbons (Fsp3) is 0.545. The lowest BCUT2D eigenvalue weighted by Crippen LogP contribution is -2.48. The molecule has 0 aromatic carbocycles. The van der Waals surface area contributed by atoms with Crippen LogP contribution in [-0.4, -0.2) is 35.5 Å². The van der Waals surface area contributed by atoms with Crippen molar-refractivity contribution in [3.05, 3.63) is 11.2 Å². The van der Waals surface area contributed by atoms with E-state index in [1.54, 1.807) is 7.05 Å². The van der Waals surface area contributed by atoms with Gasteiger partial charge in [0.05, 0.1) is 6.20 Å². The molecule has 1 unspecified atom stereocenters. The summed E-state index contributed by atoms with van der Waals surface area (Å²) < 4.78 is 0. The van der Waals surface area contributed by atoms with Crippen LogP contribution in [0.25, 0.3) is 0 Å². The number of anilines is 2. The van der Waals surface area contributed by atoms with E-state index in [0.717, 1.165) is 25.8 Å². The maximum Gasteiger partial charge on any atom is 0.240 e. The number of halogens is 1. The van der Waals surface area contributed by atoms with Crippen LogP contribution in [0, 0.1) is 0 Å². The van der Waals surface area contributed by atoms with Gasteiger partial charge in [-0.05, 0) is 19.3 Å². The van der Waals surface area contributed by atoms with E-state index in [-0.39, 0.29) is 11.9 Å².